The van der Waals surface area contributed by atoms with Crippen LogP contribution in [0.4, 0.5) is 0 Å². The van der Waals surface area contributed by atoms with Gasteiger partial charge in [-0.2, -0.15) is 0 Å². The first-order valence-corrected chi connectivity index (χ1v) is 14.4. The largest absolute Gasteiger partial charge is 0.309 e. The van der Waals surface area contributed by atoms with E-state index in [2.05, 4.69) is 162 Å². The van der Waals surface area contributed by atoms with Crippen LogP contribution in [0.15, 0.2) is 163 Å². The first-order valence-electron chi connectivity index (χ1n) is 14.4. The molecule has 0 bridgehead atoms. The fourth-order valence-corrected chi connectivity index (χ4v) is 5.70. The summed E-state index contributed by atoms with van der Waals surface area (Å²) in [6.45, 7) is 0.707. The van der Waals surface area contributed by atoms with Crippen LogP contribution in [0.1, 0.15) is 22.9 Å². The third-order valence-corrected chi connectivity index (χ3v) is 7.73. The third kappa shape index (κ3) is 5.26. The molecule has 1 aromatic heterocycles. The highest BCUT2D eigenvalue weighted by molar-refractivity contribution is 6.09. The quantitative estimate of drug-likeness (QED) is 0.191. The molecule has 202 valence electrons. The van der Waals surface area contributed by atoms with Crippen molar-refractivity contribution in [1.82, 2.24) is 9.88 Å². The van der Waals surface area contributed by atoms with Crippen LogP contribution in [-0.2, 0) is 6.54 Å². The zero-order chi connectivity index (χ0) is 28.1. The number of hydrogen-bond donors (Lipinski definition) is 1. The predicted octanol–water partition coefficient (Wildman–Crippen LogP) is 9.36. The van der Waals surface area contributed by atoms with Crippen molar-refractivity contribution in [1.29, 1.82) is 0 Å². The Morgan fingerprint density at radius 1 is 0.571 bits per heavy atom. The molecule has 0 aliphatic rings. The molecule has 0 fully saturated rings. The molecule has 0 radical (unpaired) electrons. The van der Waals surface area contributed by atoms with E-state index in [1.165, 1.54) is 38.5 Å². The first-order chi connectivity index (χ1) is 20.8. The molecular formula is C39H31N3. The summed E-state index contributed by atoms with van der Waals surface area (Å²) in [7, 11) is 0. The second-order valence-electron chi connectivity index (χ2n) is 10.5. The van der Waals surface area contributed by atoms with Crippen molar-refractivity contribution >= 4 is 28.0 Å². The lowest BCUT2D eigenvalue weighted by molar-refractivity contribution is 0.556. The van der Waals surface area contributed by atoms with E-state index in [0.29, 0.717) is 6.54 Å². The van der Waals surface area contributed by atoms with Crippen LogP contribution in [0.5, 0.6) is 0 Å². The van der Waals surface area contributed by atoms with E-state index < -0.39 is 0 Å². The Labute approximate surface area is 246 Å². The second-order valence-corrected chi connectivity index (χ2v) is 10.5. The van der Waals surface area contributed by atoms with E-state index in [1.54, 1.807) is 0 Å². The Hall–Kier alpha value is -5.25. The van der Waals surface area contributed by atoms with Gasteiger partial charge in [0.15, 0.2) is 0 Å². The van der Waals surface area contributed by atoms with Gasteiger partial charge in [-0.05, 0) is 58.1 Å². The maximum atomic E-state index is 5.06. The molecule has 0 spiro atoms. The lowest BCUT2D eigenvalue weighted by Crippen LogP contribution is -2.19. The average Bonchev–Trinajstić information content (AvgIpc) is 3.40. The van der Waals surface area contributed by atoms with E-state index in [0.717, 1.165) is 16.8 Å². The molecule has 0 saturated carbocycles. The molecule has 6 aromatic carbocycles. The van der Waals surface area contributed by atoms with Crippen LogP contribution in [-0.4, -0.2) is 10.8 Å². The molecule has 3 heteroatoms. The lowest BCUT2D eigenvalue weighted by Gasteiger charge is -2.16. The Kier molecular flexibility index (Phi) is 7.16. The normalized spacial score (nSPS) is 12.3. The molecule has 3 nitrogen and oxygen atoms in total. The van der Waals surface area contributed by atoms with Gasteiger partial charge >= 0.3 is 0 Å². The second kappa shape index (κ2) is 11.7. The lowest BCUT2D eigenvalue weighted by atomic mass is 10.0. The number of benzene rings is 6. The maximum absolute atomic E-state index is 5.06. The Bertz CT molecular complexity index is 1930. The number of rotatable bonds is 8. The Morgan fingerprint density at radius 2 is 1.19 bits per heavy atom. The number of aromatic nitrogens is 1. The average molecular weight is 542 g/mol. The number of fused-ring (bicyclic) bond motifs is 3. The number of para-hydroxylation sites is 2. The Morgan fingerprint density at radius 3 is 1.93 bits per heavy atom. The van der Waals surface area contributed by atoms with Gasteiger partial charge in [0.2, 0.25) is 0 Å². The van der Waals surface area contributed by atoms with Crippen molar-refractivity contribution in [2.24, 2.45) is 4.99 Å². The van der Waals surface area contributed by atoms with Crippen LogP contribution >= 0.6 is 0 Å². The summed E-state index contributed by atoms with van der Waals surface area (Å²) in [5, 5.41) is 6.21. The van der Waals surface area contributed by atoms with E-state index in [-0.39, 0.29) is 6.17 Å². The number of hydrogen-bond acceptors (Lipinski definition) is 2. The van der Waals surface area contributed by atoms with E-state index in [1.807, 2.05) is 12.3 Å². The van der Waals surface area contributed by atoms with Crippen LogP contribution in [0.2, 0.25) is 0 Å². The van der Waals surface area contributed by atoms with E-state index >= 15 is 0 Å². The molecule has 1 heterocycles. The minimum absolute atomic E-state index is 0.177. The molecule has 1 atom stereocenters. The molecule has 0 saturated heterocycles. The highest BCUT2D eigenvalue weighted by atomic mass is 15.1. The maximum Gasteiger partial charge on any atom is 0.125 e. The van der Waals surface area contributed by atoms with Gasteiger partial charge in [-0.25, -0.2) is 0 Å². The predicted molar refractivity (Wildman–Crippen MR) is 176 cm³/mol. The molecule has 7 rings (SSSR count). The van der Waals surface area contributed by atoms with Gasteiger partial charge in [-0.1, -0.05) is 127 Å². The summed E-state index contributed by atoms with van der Waals surface area (Å²) in [5.74, 6) is 0. The summed E-state index contributed by atoms with van der Waals surface area (Å²) in [6, 6.07) is 55.5. The minimum atomic E-state index is -0.177. The molecule has 1 N–H and O–H groups in total. The van der Waals surface area contributed by atoms with Gasteiger partial charge in [0.05, 0.1) is 11.0 Å². The summed E-state index contributed by atoms with van der Waals surface area (Å²) in [4.78, 5) is 5.06. The summed E-state index contributed by atoms with van der Waals surface area (Å²) >= 11 is 0. The zero-order valence-electron chi connectivity index (χ0n) is 23.3. The molecule has 7 aromatic rings. The van der Waals surface area contributed by atoms with Gasteiger partial charge in [0.1, 0.15) is 6.17 Å². The van der Waals surface area contributed by atoms with Crippen LogP contribution in [0.3, 0.4) is 0 Å². The van der Waals surface area contributed by atoms with E-state index in [4.69, 9.17) is 4.99 Å². The van der Waals surface area contributed by atoms with Crippen molar-refractivity contribution in [2.75, 3.05) is 0 Å². The Balaban J connectivity index is 1.18. The third-order valence-electron chi connectivity index (χ3n) is 7.73. The highest BCUT2D eigenvalue weighted by Crippen LogP contribution is 2.32. The smallest absolute Gasteiger partial charge is 0.125 e. The zero-order valence-corrected chi connectivity index (χ0v) is 23.3. The van der Waals surface area contributed by atoms with E-state index in [9.17, 15) is 0 Å². The number of aliphatic imine (C=N–C) groups is 1. The monoisotopic (exact) mass is 541 g/mol. The highest BCUT2D eigenvalue weighted by Gasteiger charge is 2.12. The van der Waals surface area contributed by atoms with Gasteiger partial charge < -0.3 is 4.57 Å². The number of nitrogens with zero attached hydrogens (tertiary/aromatic N) is 2. The number of nitrogens with one attached hydrogen (secondary N) is 1. The SMILES string of the molecule is C(=N\C(NCc1cccc(-c2ccccc2)c1)c1ccccc1)/c1cccc(-n2c3ccccc3c3ccccc32)c1. The molecule has 0 aliphatic carbocycles. The first kappa shape index (κ1) is 25.7. The topological polar surface area (TPSA) is 29.3 Å². The molecule has 0 aliphatic heterocycles. The fraction of sp³-hybridized carbons (Fsp3) is 0.0513. The van der Waals surface area contributed by atoms with Gasteiger partial charge in [-0.15, -0.1) is 0 Å². The van der Waals surface area contributed by atoms with Crippen molar-refractivity contribution in [2.45, 2.75) is 12.7 Å². The van der Waals surface area contributed by atoms with Gasteiger partial charge in [-0.3, -0.25) is 10.3 Å². The summed E-state index contributed by atoms with van der Waals surface area (Å²) in [6.07, 6.45) is 1.81. The molecule has 1 unspecified atom stereocenters. The van der Waals surface area contributed by atoms with Crippen LogP contribution in [0, 0.1) is 0 Å². The van der Waals surface area contributed by atoms with Crippen molar-refractivity contribution in [3.63, 3.8) is 0 Å². The van der Waals surface area contributed by atoms with Crippen molar-refractivity contribution < 1.29 is 0 Å². The van der Waals surface area contributed by atoms with Gasteiger partial charge in [0.25, 0.3) is 0 Å². The molecular weight excluding hydrogens is 510 g/mol. The van der Waals surface area contributed by atoms with Crippen molar-refractivity contribution in [3.8, 4) is 16.8 Å². The standard InChI is InChI=1S/C39H31N3/c1-3-15-31(16-4-1)33-19-11-13-29(25-33)27-40-39(32-17-5-2-6-18-32)41-28-30-14-12-20-34(26-30)42-37-23-9-7-21-35(37)36-22-8-10-24-38(36)42/h1-26,28,39-40H,27H2/b41-28+. The fourth-order valence-electron chi connectivity index (χ4n) is 5.70. The summed E-state index contributed by atoms with van der Waals surface area (Å²) < 4.78 is 2.34. The van der Waals surface area contributed by atoms with Crippen molar-refractivity contribution in [3.05, 3.63) is 174 Å². The summed E-state index contributed by atoms with van der Waals surface area (Å²) in [5.41, 5.74) is 9.38. The van der Waals surface area contributed by atoms with Crippen LogP contribution in [0.25, 0.3) is 38.6 Å². The minimum Gasteiger partial charge on any atom is -0.309 e. The molecule has 0 amide bonds. The van der Waals surface area contributed by atoms with Gasteiger partial charge in [0, 0.05) is 29.2 Å². The molecule has 42 heavy (non-hydrogen) atoms. The van der Waals surface area contributed by atoms with Crippen LogP contribution < -0.4 is 5.32 Å².